The molecule has 2 rings (SSSR count). The maximum atomic E-state index is 12.7. The van der Waals surface area contributed by atoms with Crippen LogP contribution in [0.25, 0.3) is 0 Å². The van der Waals surface area contributed by atoms with Crippen molar-refractivity contribution in [3.05, 3.63) is 44.6 Å². The van der Waals surface area contributed by atoms with Crippen molar-refractivity contribution in [3.63, 3.8) is 0 Å². The van der Waals surface area contributed by atoms with Crippen LogP contribution in [0.4, 0.5) is 24.5 Å². The molecule has 1 aromatic carbocycles. The summed E-state index contributed by atoms with van der Waals surface area (Å²) in [7, 11) is 0. The first kappa shape index (κ1) is 14.9. The van der Waals surface area contributed by atoms with Gasteiger partial charge in [-0.2, -0.15) is 13.2 Å². The van der Waals surface area contributed by atoms with Crippen molar-refractivity contribution in [2.75, 3.05) is 11.1 Å². The van der Waals surface area contributed by atoms with E-state index in [2.05, 4.69) is 21.2 Å². The van der Waals surface area contributed by atoms with Gasteiger partial charge in [-0.15, -0.1) is 11.3 Å². The summed E-state index contributed by atoms with van der Waals surface area (Å²) in [5, 5.41) is 4.00. The van der Waals surface area contributed by atoms with Gasteiger partial charge < -0.3 is 11.1 Å². The summed E-state index contributed by atoms with van der Waals surface area (Å²) in [6.07, 6.45) is -4.56. The van der Waals surface area contributed by atoms with Crippen LogP contribution >= 0.6 is 27.3 Å². The number of hydrogen-bond acceptors (Lipinski definition) is 3. The Hall–Kier alpha value is -1.54. The number of amides is 1. The van der Waals surface area contributed by atoms with Gasteiger partial charge in [0.2, 0.25) is 0 Å². The number of thiophene rings is 1. The van der Waals surface area contributed by atoms with Crippen LogP contribution in [0.2, 0.25) is 0 Å². The zero-order valence-electron chi connectivity index (χ0n) is 9.79. The van der Waals surface area contributed by atoms with Gasteiger partial charge in [0.1, 0.15) is 0 Å². The molecule has 0 radical (unpaired) electrons. The third-order valence-corrected chi connectivity index (χ3v) is 3.95. The number of anilines is 2. The van der Waals surface area contributed by atoms with Gasteiger partial charge in [0.25, 0.3) is 5.91 Å². The van der Waals surface area contributed by atoms with Crippen molar-refractivity contribution < 1.29 is 18.0 Å². The van der Waals surface area contributed by atoms with Crippen molar-refractivity contribution in [1.29, 1.82) is 0 Å². The third kappa shape index (κ3) is 3.31. The Morgan fingerprint density at radius 3 is 2.55 bits per heavy atom. The lowest BCUT2D eigenvalue weighted by molar-refractivity contribution is -0.136. The van der Waals surface area contributed by atoms with Gasteiger partial charge in [0.15, 0.2) is 0 Å². The Morgan fingerprint density at radius 1 is 1.30 bits per heavy atom. The first-order valence-electron chi connectivity index (χ1n) is 5.29. The monoisotopic (exact) mass is 364 g/mol. The summed E-state index contributed by atoms with van der Waals surface area (Å²) < 4.78 is 38.8. The van der Waals surface area contributed by atoms with E-state index in [9.17, 15) is 18.0 Å². The van der Waals surface area contributed by atoms with E-state index in [1.807, 2.05) is 0 Å². The number of nitrogens with one attached hydrogen (secondary N) is 1. The van der Waals surface area contributed by atoms with Crippen molar-refractivity contribution >= 4 is 44.5 Å². The van der Waals surface area contributed by atoms with Crippen molar-refractivity contribution in [2.24, 2.45) is 0 Å². The van der Waals surface area contributed by atoms with Gasteiger partial charge in [-0.3, -0.25) is 4.79 Å². The highest BCUT2D eigenvalue weighted by Gasteiger charge is 2.33. The lowest BCUT2D eigenvalue weighted by Gasteiger charge is -2.12. The van der Waals surface area contributed by atoms with Gasteiger partial charge in [-0.25, -0.2) is 0 Å². The fourth-order valence-electron chi connectivity index (χ4n) is 1.51. The molecular weight excluding hydrogens is 357 g/mol. The van der Waals surface area contributed by atoms with Crippen molar-refractivity contribution in [2.45, 2.75) is 6.18 Å². The van der Waals surface area contributed by atoms with E-state index in [0.29, 0.717) is 5.56 Å². The molecule has 1 amide bonds. The molecule has 0 saturated heterocycles. The molecule has 0 bridgehead atoms. The average Bonchev–Trinajstić information content (AvgIpc) is 2.77. The molecule has 0 unspecified atom stereocenters. The standard InChI is InChI=1S/C12H8BrF3N2OS/c13-10-3-6(5-20-10)11(19)18-7-1-2-9(17)8(4-7)12(14,15)16/h1-5H,17H2,(H,18,19). The minimum atomic E-state index is -4.56. The quantitative estimate of drug-likeness (QED) is 0.777. The normalized spacial score (nSPS) is 11.4. The predicted molar refractivity (Wildman–Crippen MR) is 75.8 cm³/mol. The molecule has 0 aliphatic carbocycles. The number of nitrogens with two attached hydrogens (primary N) is 1. The van der Waals surface area contributed by atoms with E-state index in [4.69, 9.17) is 5.73 Å². The van der Waals surface area contributed by atoms with Gasteiger partial charge >= 0.3 is 6.18 Å². The summed E-state index contributed by atoms with van der Waals surface area (Å²) in [4.78, 5) is 11.8. The fraction of sp³-hybridized carbons (Fsp3) is 0.0833. The predicted octanol–water partition coefficient (Wildman–Crippen LogP) is 4.36. The van der Waals surface area contributed by atoms with Crippen LogP contribution < -0.4 is 11.1 Å². The molecule has 0 fully saturated rings. The SMILES string of the molecule is Nc1ccc(NC(=O)c2csc(Br)c2)cc1C(F)(F)F. The lowest BCUT2D eigenvalue weighted by Crippen LogP contribution is -2.13. The topological polar surface area (TPSA) is 55.1 Å². The Balaban J connectivity index is 2.24. The number of carbonyl (C=O) groups is 1. The number of nitrogen functional groups attached to an aromatic ring is 1. The van der Waals surface area contributed by atoms with Crippen molar-refractivity contribution in [3.8, 4) is 0 Å². The van der Waals surface area contributed by atoms with Gasteiger partial charge in [0.05, 0.1) is 14.9 Å². The Morgan fingerprint density at radius 2 is 2.00 bits per heavy atom. The van der Waals surface area contributed by atoms with E-state index in [1.165, 1.54) is 17.4 Å². The minimum Gasteiger partial charge on any atom is -0.398 e. The molecule has 1 aromatic heterocycles. The number of halogens is 4. The molecule has 3 nitrogen and oxygen atoms in total. The second-order valence-electron chi connectivity index (χ2n) is 3.89. The molecule has 1 heterocycles. The maximum Gasteiger partial charge on any atom is 0.418 e. The van der Waals surface area contributed by atoms with E-state index in [1.54, 1.807) is 11.4 Å². The summed E-state index contributed by atoms with van der Waals surface area (Å²) in [6, 6.07) is 4.84. The zero-order chi connectivity index (χ0) is 14.9. The van der Waals surface area contributed by atoms with Crippen LogP contribution in [-0.2, 0) is 6.18 Å². The fourth-order valence-corrected chi connectivity index (χ4v) is 2.65. The Bertz CT molecular complexity index is 654. The van der Waals surface area contributed by atoms with Gasteiger partial charge in [0, 0.05) is 16.8 Å². The molecule has 106 valence electrons. The van der Waals surface area contributed by atoms with Crippen LogP contribution in [-0.4, -0.2) is 5.91 Å². The molecule has 3 N–H and O–H groups in total. The highest BCUT2D eigenvalue weighted by molar-refractivity contribution is 9.11. The van der Waals surface area contributed by atoms with Crippen LogP contribution in [0, 0.1) is 0 Å². The Labute approximate surface area is 124 Å². The largest absolute Gasteiger partial charge is 0.418 e. The maximum absolute atomic E-state index is 12.7. The van der Waals surface area contributed by atoms with Crippen LogP contribution in [0.3, 0.4) is 0 Å². The second kappa shape index (κ2) is 5.45. The van der Waals surface area contributed by atoms with E-state index in [0.717, 1.165) is 15.9 Å². The molecule has 0 saturated carbocycles. The zero-order valence-corrected chi connectivity index (χ0v) is 12.2. The summed E-state index contributed by atoms with van der Waals surface area (Å²) >= 11 is 4.52. The van der Waals surface area contributed by atoms with Gasteiger partial charge in [-0.1, -0.05) is 0 Å². The number of alkyl halides is 3. The minimum absolute atomic E-state index is 0.0406. The molecule has 0 aliphatic rings. The first-order valence-corrected chi connectivity index (χ1v) is 6.97. The van der Waals surface area contributed by atoms with E-state index < -0.39 is 17.6 Å². The molecular formula is C12H8BrF3N2OS. The first-order chi connectivity index (χ1) is 9.27. The van der Waals surface area contributed by atoms with Crippen LogP contribution in [0.5, 0.6) is 0 Å². The highest BCUT2D eigenvalue weighted by atomic mass is 79.9. The molecule has 20 heavy (non-hydrogen) atoms. The third-order valence-electron chi connectivity index (χ3n) is 2.45. The summed E-state index contributed by atoms with van der Waals surface area (Å²) in [6.45, 7) is 0. The summed E-state index contributed by atoms with van der Waals surface area (Å²) in [5.74, 6) is -0.482. The average molecular weight is 365 g/mol. The smallest absolute Gasteiger partial charge is 0.398 e. The van der Waals surface area contributed by atoms with Gasteiger partial charge in [-0.05, 0) is 40.2 Å². The number of rotatable bonds is 2. The van der Waals surface area contributed by atoms with E-state index in [-0.39, 0.29) is 11.4 Å². The number of hydrogen-bond donors (Lipinski definition) is 2. The second-order valence-corrected chi connectivity index (χ2v) is 6.18. The van der Waals surface area contributed by atoms with Crippen LogP contribution in [0.1, 0.15) is 15.9 Å². The molecule has 0 spiro atoms. The van der Waals surface area contributed by atoms with E-state index >= 15 is 0 Å². The van der Waals surface area contributed by atoms with Crippen LogP contribution in [0.15, 0.2) is 33.4 Å². The summed E-state index contributed by atoms with van der Waals surface area (Å²) in [5.41, 5.74) is 4.34. The molecule has 8 heteroatoms. The lowest BCUT2D eigenvalue weighted by atomic mass is 10.1. The Kier molecular flexibility index (Phi) is 4.05. The number of carbonyl (C=O) groups excluding carboxylic acids is 1. The molecule has 0 atom stereocenters. The van der Waals surface area contributed by atoms with Crippen molar-refractivity contribution in [1.82, 2.24) is 0 Å². The molecule has 2 aromatic rings. The number of benzene rings is 1. The molecule has 0 aliphatic heterocycles. The highest BCUT2D eigenvalue weighted by Crippen LogP contribution is 2.35.